The molecule has 1 aliphatic rings. The molecule has 1 saturated heterocycles. The summed E-state index contributed by atoms with van der Waals surface area (Å²) in [6.07, 6.45) is 2.01. The van der Waals surface area contributed by atoms with Crippen LogP contribution in [0.2, 0.25) is 0 Å². The number of hydrogen-bond acceptors (Lipinski definition) is 5. The van der Waals surface area contributed by atoms with Gasteiger partial charge in [0.25, 0.3) is 0 Å². The number of benzene rings is 1. The summed E-state index contributed by atoms with van der Waals surface area (Å²) in [6.45, 7) is 3.35. The van der Waals surface area contributed by atoms with Gasteiger partial charge in [0.05, 0.1) is 25.3 Å². The van der Waals surface area contributed by atoms with Gasteiger partial charge in [-0.1, -0.05) is 6.92 Å². The average molecular weight is 384 g/mol. The lowest BCUT2D eigenvalue weighted by atomic mass is 9.99. The maximum atomic E-state index is 12.3. The van der Waals surface area contributed by atoms with Crippen LogP contribution in [0.4, 0.5) is 0 Å². The highest BCUT2D eigenvalue weighted by molar-refractivity contribution is 7.89. The number of piperidine rings is 1. The Bertz CT molecular complexity index is 675. The highest BCUT2D eigenvalue weighted by Crippen LogP contribution is 2.20. The fraction of sp³-hybridized carbons (Fsp3) is 0.611. The van der Waals surface area contributed by atoms with Crippen LogP contribution in [0.15, 0.2) is 24.3 Å². The number of hydrogen-bond donors (Lipinski definition) is 1. The van der Waals surface area contributed by atoms with Gasteiger partial charge in [-0.3, -0.25) is 4.79 Å². The number of carbonyl (C=O) groups is 1. The van der Waals surface area contributed by atoms with E-state index in [0.29, 0.717) is 44.7 Å². The van der Waals surface area contributed by atoms with Gasteiger partial charge in [0.15, 0.2) is 0 Å². The molecule has 1 heterocycles. The van der Waals surface area contributed by atoms with Crippen LogP contribution in [0.25, 0.3) is 0 Å². The maximum absolute atomic E-state index is 12.3. The van der Waals surface area contributed by atoms with Crippen molar-refractivity contribution in [1.29, 1.82) is 0 Å². The van der Waals surface area contributed by atoms with E-state index in [1.807, 2.05) is 6.92 Å². The third-order valence-electron chi connectivity index (χ3n) is 4.34. The third-order valence-corrected chi connectivity index (χ3v) is 6.38. The molecule has 8 heteroatoms. The van der Waals surface area contributed by atoms with E-state index in [9.17, 15) is 13.2 Å². The largest absolute Gasteiger partial charge is 0.497 e. The van der Waals surface area contributed by atoms with Crippen LogP contribution in [-0.2, 0) is 14.8 Å². The van der Waals surface area contributed by atoms with E-state index >= 15 is 0 Å². The molecular formula is C18H28N2O5S. The van der Waals surface area contributed by atoms with Crippen molar-refractivity contribution >= 4 is 15.9 Å². The molecule has 1 unspecified atom stereocenters. The van der Waals surface area contributed by atoms with Crippen molar-refractivity contribution in [2.24, 2.45) is 5.92 Å². The van der Waals surface area contributed by atoms with Crippen molar-refractivity contribution in [1.82, 2.24) is 9.62 Å². The van der Waals surface area contributed by atoms with Gasteiger partial charge in [-0.2, -0.15) is 0 Å². The zero-order chi connectivity index (χ0) is 19.0. The first-order valence-electron chi connectivity index (χ1n) is 8.98. The Morgan fingerprint density at radius 1 is 1.27 bits per heavy atom. The molecule has 0 radical (unpaired) electrons. The van der Waals surface area contributed by atoms with E-state index in [1.165, 1.54) is 4.31 Å². The molecule has 2 rings (SSSR count). The second-order valence-electron chi connectivity index (χ2n) is 6.33. The predicted octanol–water partition coefficient (Wildman–Crippen LogP) is 1.64. The van der Waals surface area contributed by atoms with Crippen LogP contribution < -0.4 is 14.8 Å². The number of ether oxygens (including phenoxy) is 2. The first-order chi connectivity index (χ1) is 12.5. The molecule has 1 amide bonds. The van der Waals surface area contributed by atoms with E-state index in [-0.39, 0.29) is 24.1 Å². The second-order valence-corrected chi connectivity index (χ2v) is 8.42. The smallest absolute Gasteiger partial charge is 0.224 e. The number of amides is 1. The van der Waals surface area contributed by atoms with Gasteiger partial charge in [0.2, 0.25) is 15.9 Å². The summed E-state index contributed by atoms with van der Waals surface area (Å²) in [5, 5.41) is 2.84. The van der Waals surface area contributed by atoms with Crippen LogP contribution in [0.5, 0.6) is 11.5 Å². The Hall–Kier alpha value is -1.80. The molecule has 0 aromatic heterocycles. The molecule has 0 bridgehead atoms. The molecule has 146 valence electrons. The number of methoxy groups -OCH3 is 1. The predicted molar refractivity (Wildman–Crippen MR) is 99.9 cm³/mol. The van der Waals surface area contributed by atoms with E-state index in [1.54, 1.807) is 31.4 Å². The lowest BCUT2D eigenvalue weighted by Gasteiger charge is -2.31. The van der Waals surface area contributed by atoms with E-state index in [4.69, 9.17) is 9.47 Å². The zero-order valence-electron chi connectivity index (χ0n) is 15.4. The van der Waals surface area contributed by atoms with Crippen LogP contribution in [-0.4, -0.2) is 57.7 Å². The van der Waals surface area contributed by atoms with Gasteiger partial charge in [-0.15, -0.1) is 0 Å². The highest BCUT2D eigenvalue weighted by Gasteiger charge is 2.31. The van der Waals surface area contributed by atoms with Gasteiger partial charge >= 0.3 is 0 Å². The quantitative estimate of drug-likeness (QED) is 0.654. The molecule has 1 aromatic rings. The summed E-state index contributed by atoms with van der Waals surface area (Å²) in [5.74, 6) is 1.19. The zero-order valence-corrected chi connectivity index (χ0v) is 16.3. The molecule has 0 saturated carbocycles. The molecule has 1 atom stereocenters. The van der Waals surface area contributed by atoms with Crippen LogP contribution in [0.3, 0.4) is 0 Å². The van der Waals surface area contributed by atoms with Gasteiger partial charge in [0.1, 0.15) is 18.1 Å². The summed E-state index contributed by atoms with van der Waals surface area (Å²) in [7, 11) is -1.65. The van der Waals surface area contributed by atoms with Gasteiger partial charge < -0.3 is 14.8 Å². The Kier molecular flexibility index (Phi) is 7.71. The average Bonchev–Trinajstić information content (AvgIpc) is 2.65. The standard InChI is InChI=1S/C18H28N2O5S/c1-3-13-26(22,23)20-11-4-5-15(14-20)18(21)19-10-12-25-17-8-6-16(24-2)7-9-17/h6-9,15H,3-5,10-14H2,1-2H3,(H,19,21). The van der Waals surface area contributed by atoms with Crippen molar-refractivity contribution in [3.8, 4) is 11.5 Å². The lowest BCUT2D eigenvalue weighted by molar-refractivity contribution is -0.126. The Labute approximate surface area is 155 Å². The van der Waals surface area contributed by atoms with Crippen molar-refractivity contribution in [2.45, 2.75) is 26.2 Å². The molecular weight excluding hydrogens is 356 g/mol. The minimum absolute atomic E-state index is 0.111. The summed E-state index contributed by atoms with van der Waals surface area (Å²) in [5.41, 5.74) is 0. The summed E-state index contributed by atoms with van der Waals surface area (Å²) in [4.78, 5) is 12.3. The number of rotatable bonds is 9. The summed E-state index contributed by atoms with van der Waals surface area (Å²) < 4.78 is 36.5. The van der Waals surface area contributed by atoms with Crippen LogP contribution in [0, 0.1) is 5.92 Å². The molecule has 1 N–H and O–H groups in total. The van der Waals surface area contributed by atoms with Gasteiger partial charge in [-0.25, -0.2) is 12.7 Å². The van der Waals surface area contributed by atoms with Crippen LogP contribution in [0.1, 0.15) is 26.2 Å². The minimum Gasteiger partial charge on any atom is -0.497 e. The Morgan fingerprint density at radius 2 is 1.96 bits per heavy atom. The molecule has 1 aliphatic heterocycles. The Morgan fingerprint density at radius 3 is 2.62 bits per heavy atom. The molecule has 7 nitrogen and oxygen atoms in total. The fourth-order valence-electron chi connectivity index (χ4n) is 2.96. The van der Waals surface area contributed by atoms with E-state index in [2.05, 4.69) is 5.32 Å². The number of nitrogens with one attached hydrogen (secondary N) is 1. The molecule has 26 heavy (non-hydrogen) atoms. The van der Waals surface area contributed by atoms with E-state index < -0.39 is 10.0 Å². The fourth-order valence-corrected chi connectivity index (χ4v) is 4.54. The van der Waals surface area contributed by atoms with Gasteiger partial charge in [0, 0.05) is 13.1 Å². The first-order valence-corrected chi connectivity index (χ1v) is 10.6. The SMILES string of the molecule is CCCS(=O)(=O)N1CCCC(C(=O)NCCOc2ccc(OC)cc2)C1. The molecule has 0 aliphatic carbocycles. The molecule has 0 spiro atoms. The summed E-state index contributed by atoms with van der Waals surface area (Å²) in [6, 6.07) is 7.22. The first kappa shape index (κ1) is 20.5. The molecule has 1 aromatic carbocycles. The molecule has 1 fully saturated rings. The van der Waals surface area contributed by atoms with E-state index in [0.717, 1.165) is 5.75 Å². The van der Waals surface area contributed by atoms with Crippen LogP contribution >= 0.6 is 0 Å². The monoisotopic (exact) mass is 384 g/mol. The van der Waals surface area contributed by atoms with Crippen molar-refractivity contribution in [3.63, 3.8) is 0 Å². The Balaban J connectivity index is 1.74. The topological polar surface area (TPSA) is 84.9 Å². The van der Waals surface area contributed by atoms with Crippen molar-refractivity contribution < 1.29 is 22.7 Å². The number of carbonyl (C=O) groups excluding carboxylic acids is 1. The second kappa shape index (κ2) is 9.78. The maximum Gasteiger partial charge on any atom is 0.224 e. The number of sulfonamides is 1. The normalized spacial score (nSPS) is 18.3. The third kappa shape index (κ3) is 5.88. The van der Waals surface area contributed by atoms with Gasteiger partial charge in [-0.05, 0) is 43.5 Å². The van der Waals surface area contributed by atoms with Crippen molar-refractivity contribution in [3.05, 3.63) is 24.3 Å². The van der Waals surface area contributed by atoms with Crippen molar-refractivity contribution in [2.75, 3.05) is 39.1 Å². The highest BCUT2D eigenvalue weighted by atomic mass is 32.2. The summed E-state index contributed by atoms with van der Waals surface area (Å²) >= 11 is 0. The number of nitrogens with zero attached hydrogens (tertiary/aromatic N) is 1. The lowest BCUT2D eigenvalue weighted by Crippen LogP contribution is -2.46. The minimum atomic E-state index is -3.25.